The molecule has 7 nitrogen and oxygen atoms in total. The van der Waals surface area contributed by atoms with Crippen molar-refractivity contribution in [3.8, 4) is 5.88 Å². The van der Waals surface area contributed by atoms with Crippen LogP contribution in [0.5, 0.6) is 5.88 Å². The van der Waals surface area contributed by atoms with E-state index in [0.717, 1.165) is 4.88 Å². The van der Waals surface area contributed by atoms with Crippen molar-refractivity contribution in [3.63, 3.8) is 0 Å². The Balaban J connectivity index is 2.18. The van der Waals surface area contributed by atoms with Crippen molar-refractivity contribution in [3.05, 3.63) is 37.8 Å². The summed E-state index contributed by atoms with van der Waals surface area (Å²) in [6, 6.07) is 2.83. The predicted molar refractivity (Wildman–Crippen MR) is 76.5 cm³/mol. The summed E-state index contributed by atoms with van der Waals surface area (Å²) in [5.41, 5.74) is -0.107. The molecule has 9 heteroatoms. The van der Waals surface area contributed by atoms with Crippen molar-refractivity contribution in [2.75, 3.05) is 11.9 Å². The van der Waals surface area contributed by atoms with Crippen LogP contribution in [0.4, 0.5) is 11.5 Å². The van der Waals surface area contributed by atoms with Crippen LogP contribution in [0.1, 0.15) is 11.8 Å². The van der Waals surface area contributed by atoms with Crippen LogP contribution in [0, 0.1) is 10.1 Å². The van der Waals surface area contributed by atoms with E-state index in [2.05, 4.69) is 15.3 Å². The molecule has 0 fully saturated rings. The third-order valence-electron chi connectivity index (χ3n) is 2.29. The van der Waals surface area contributed by atoms with Gasteiger partial charge < -0.3 is 10.1 Å². The molecule has 0 aliphatic carbocycles. The molecule has 1 N–H and O–H groups in total. The molecular formula is C11H11ClN4O3S. The van der Waals surface area contributed by atoms with Crippen LogP contribution in [0.3, 0.4) is 0 Å². The number of nitro groups is 1. The van der Waals surface area contributed by atoms with E-state index in [1.54, 1.807) is 6.20 Å². The van der Waals surface area contributed by atoms with Gasteiger partial charge in [0.1, 0.15) is 0 Å². The number of rotatable bonds is 6. The molecule has 0 aliphatic rings. The summed E-state index contributed by atoms with van der Waals surface area (Å²) >= 11 is 7.02. The normalized spacial score (nSPS) is 10.3. The first-order chi connectivity index (χ1) is 9.60. The van der Waals surface area contributed by atoms with Gasteiger partial charge in [-0.1, -0.05) is 11.6 Å². The van der Waals surface area contributed by atoms with E-state index in [0.29, 0.717) is 23.5 Å². The third kappa shape index (κ3) is 3.55. The number of pyridine rings is 1. The monoisotopic (exact) mass is 314 g/mol. The molecule has 0 saturated heterocycles. The van der Waals surface area contributed by atoms with Crippen LogP contribution in [0.2, 0.25) is 4.47 Å². The first kappa shape index (κ1) is 14.5. The van der Waals surface area contributed by atoms with Crippen LogP contribution in [-0.2, 0) is 6.54 Å². The van der Waals surface area contributed by atoms with E-state index in [1.165, 1.54) is 23.5 Å². The Morgan fingerprint density at radius 2 is 2.35 bits per heavy atom. The number of hydrogen-bond donors (Lipinski definition) is 1. The molecule has 0 amide bonds. The van der Waals surface area contributed by atoms with Gasteiger partial charge in [0.25, 0.3) is 0 Å². The maximum absolute atomic E-state index is 11.0. The fourth-order valence-electron chi connectivity index (χ4n) is 1.48. The van der Waals surface area contributed by atoms with E-state index in [-0.39, 0.29) is 11.5 Å². The van der Waals surface area contributed by atoms with Crippen molar-refractivity contribution in [2.24, 2.45) is 0 Å². The summed E-state index contributed by atoms with van der Waals surface area (Å²) in [4.78, 5) is 19.3. The van der Waals surface area contributed by atoms with Crippen LogP contribution in [0.25, 0.3) is 0 Å². The summed E-state index contributed by atoms with van der Waals surface area (Å²) in [7, 11) is 0. The van der Waals surface area contributed by atoms with Gasteiger partial charge >= 0.3 is 5.69 Å². The van der Waals surface area contributed by atoms with E-state index in [9.17, 15) is 10.1 Å². The topological polar surface area (TPSA) is 90.2 Å². The molecule has 0 unspecified atom stereocenters. The molecule has 0 atom stereocenters. The third-order valence-corrected chi connectivity index (χ3v) is 3.41. The van der Waals surface area contributed by atoms with Crippen molar-refractivity contribution in [1.82, 2.24) is 9.97 Å². The molecule has 106 valence electrons. The molecule has 0 spiro atoms. The zero-order valence-electron chi connectivity index (χ0n) is 10.5. The summed E-state index contributed by atoms with van der Waals surface area (Å²) in [5.74, 6) is 0.494. The smallest absolute Gasteiger partial charge is 0.311 e. The molecule has 0 saturated carbocycles. The number of halogens is 1. The highest BCUT2D eigenvalue weighted by atomic mass is 35.5. The van der Waals surface area contributed by atoms with E-state index in [4.69, 9.17) is 16.3 Å². The van der Waals surface area contributed by atoms with Gasteiger partial charge in [-0.25, -0.2) is 4.98 Å². The number of nitrogens with zero attached hydrogens (tertiary/aromatic N) is 3. The second-order valence-electron chi connectivity index (χ2n) is 3.64. The van der Waals surface area contributed by atoms with Gasteiger partial charge in [0.15, 0.2) is 4.47 Å². The summed E-state index contributed by atoms with van der Waals surface area (Å²) in [6.45, 7) is 2.61. The highest BCUT2D eigenvalue weighted by Crippen LogP contribution is 2.26. The Morgan fingerprint density at radius 3 is 2.95 bits per heavy atom. The molecule has 0 aliphatic heterocycles. The molecule has 2 rings (SSSR count). The minimum Gasteiger partial charge on any atom is -0.478 e. The Labute approximate surface area is 123 Å². The zero-order chi connectivity index (χ0) is 14.5. The largest absolute Gasteiger partial charge is 0.478 e. The Hall–Kier alpha value is -1.93. The van der Waals surface area contributed by atoms with Crippen molar-refractivity contribution < 1.29 is 9.66 Å². The number of nitrogens with one attached hydrogen (secondary N) is 1. The average molecular weight is 315 g/mol. The highest BCUT2D eigenvalue weighted by molar-refractivity contribution is 7.15. The highest BCUT2D eigenvalue weighted by Gasteiger charge is 2.16. The molecule has 2 aromatic rings. The zero-order valence-corrected chi connectivity index (χ0v) is 12.1. The van der Waals surface area contributed by atoms with Crippen molar-refractivity contribution >= 4 is 34.4 Å². The van der Waals surface area contributed by atoms with Gasteiger partial charge in [-0.15, -0.1) is 11.3 Å². The van der Waals surface area contributed by atoms with Crippen LogP contribution >= 0.6 is 22.9 Å². The maximum atomic E-state index is 11.0. The summed E-state index contributed by atoms with van der Waals surface area (Å²) < 4.78 is 5.66. The molecule has 0 bridgehead atoms. The lowest BCUT2D eigenvalue weighted by atomic mass is 10.3. The summed E-state index contributed by atoms with van der Waals surface area (Å²) in [6.07, 6.45) is 1.61. The quantitative estimate of drug-likeness (QED) is 0.650. The van der Waals surface area contributed by atoms with Crippen molar-refractivity contribution in [2.45, 2.75) is 13.5 Å². The SMILES string of the molecule is CCOc1ccc([N+](=O)[O-])c(NCc2cnc(Cl)s2)n1. The van der Waals surface area contributed by atoms with Crippen LogP contribution in [0.15, 0.2) is 18.3 Å². The van der Waals surface area contributed by atoms with Crippen LogP contribution < -0.4 is 10.1 Å². The molecule has 2 heterocycles. The number of aromatic nitrogens is 2. The summed E-state index contributed by atoms with van der Waals surface area (Å²) in [5, 5.41) is 13.9. The fourth-order valence-corrected chi connectivity index (χ4v) is 2.39. The second kappa shape index (κ2) is 6.49. The van der Waals surface area contributed by atoms with Crippen molar-refractivity contribution in [1.29, 1.82) is 0 Å². The van der Waals surface area contributed by atoms with Gasteiger partial charge in [-0.05, 0) is 6.92 Å². The molecule has 0 radical (unpaired) electrons. The van der Waals surface area contributed by atoms with Gasteiger partial charge in [-0.2, -0.15) is 4.98 Å². The minimum atomic E-state index is -0.495. The average Bonchev–Trinajstić information content (AvgIpc) is 2.82. The lowest BCUT2D eigenvalue weighted by Gasteiger charge is -2.07. The second-order valence-corrected chi connectivity index (χ2v) is 5.34. The van der Waals surface area contributed by atoms with E-state index in [1.807, 2.05) is 6.92 Å². The molecular weight excluding hydrogens is 304 g/mol. The fraction of sp³-hybridized carbons (Fsp3) is 0.273. The number of thiazole rings is 1. The van der Waals surface area contributed by atoms with Crippen LogP contribution in [-0.4, -0.2) is 21.5 Å². The van der Waals surface area contributed by atoms with Gasteiger partial charge in [-0.3, -0.25) is 10.1 Å². The Bertz CT molecular complexity index is 619. The first-order valence-electron chi connectivity index (χ1n) is 5.72. The molecule has 20 heavy (non-hydrogen) atoms. The lowest BCUT2D eigenvalue weighted by molar-refractivity contribution is -0.384. The van der Waals surface area contributed by atoms with E-state index < -0.39 is 4.92 Å². The van der Waals surface area contributed by atoms with Gasteiger partial charge in [0.2, 0.25) is 11.7 Å². The number of anilines is 1. The Morgan fingerprint density at radius 1 is 1.55 bits per heavy atom. The molecule has 2 aromatic heterocycles. The van der Waals surface area contributed by atoms with E-state index >= 15 is 0 Å². The maximum Gasteiger partial charge on any atom is 0.311 e. The number of ether oxygens (including phenoxy) is 1. The standard InChI is InChI=1S/C11H11ClN4O3S/c1-2-19-9-4-3-8(16(17)18)10(15-9)13-5-7-6-14-11(12)20-7/h3-4,6H,2,5H2,1H3,(H,13,15). The minimum absolute atomic E-state index is 0.107. The first-order valence-corrected chi connectivity index (χ1v) is 6.92. The lowest BCUT2D eigenvalue weighted by Crippen LogP contribution is -2.05. The Kier molecular flexibility index (Phi) is 4.70. The molecule has 0 aromatic carbocycles. The van der Waals surface area contributed by atoms with Gasteiger partial charge in [0.05, 0.1) is 18.1 Å². The van der Waals surface area contributed by atoms with Gasteiger partial charge in [0, 0.05) is 23.2 Å². The predicted octanol–water partition coefficient (Wildman–Crippen LogP) is 3.11. The number of hydrogen-bond acceptors (Lipinski definition) is 7.